The highest BCUT2D eigenvalue weighted by Gasteiger charge is 2.38. The Labute approximate surface area is 342 Å². The zero-order chi connectivity index (χ0) is 39.3. The van der Waals surface area contributed by atoms with Crippen LogP contribution in [0.3, 0.4) is 0 Å². The van der Waals surface area contributed by atoms with Crippen molar-refractivity contribution in [3.05, 3.63) is 182 Å². The second-order valence-corrected chi connectivity index (χ2v) is 15.5. The molecular weight excluding hydrogens is 713 g/mol. The summed E-state index contributed by atoms with van der Waals surface area (Å²) in [4.78, 5) is 15.7. The Morgan fingerprint density at radius 1 is 0.534 bits per heavy atom. The molecule has 3 heterocycles. The summed E-state index contributed by atoms with van der Waals surface area (Å²) in [7, 11) is 0. The Morgan fingerprint density at radius 3 is 1.45 bits per heavy atom. The van der Waals surface area contributed by atoms with Gasteiger partial charge in [-0.25, -0.2) is 0 Å². The van der Waals surface area contributed by atoms with Gasteiger partial charge in [-0.3, -0.25) is 9.80 Å². The molecule has 0 bridgehead atoms. The number of hydrogen-bond acceptors (Lipinski definition) is 6. The van der Waals surface area contributed by atoms with Crippen LogP contribution in [0.1, 0.15) is 49.0 Å². The molecule has 2 aliphatic rings. The standard InChI is InChI=1S/C52H50N4O2/c1-3-33-55-35-17-31-45(55)48(43-29-15-25-37-19-11-13-27-41(37)43)57-51-47(39-21-7-5-8-22-39)52(54-50(53-51)40-23-9-6-10-24-40)58-49(46-32-18-36-56(46)34-4-2)44-30-16-26-38-20-12-14-28-42(38)44/h3-16,19-30,45-46,48-49H,1-2,17-18,31-36H2/t45-,46-,48+,49+/m0/s1. The Balaban J connectivity index is 1.27. The average molecular weight is 763 g/mol. The molecule has 290 valence electrons. The minimum absolute atomic E-state index is 0.0984. The summed E-state index contributed by atoms with van der Waals surface area (Å²) in [6.45, 7) is 11.8. The molecule has 0 amide bonds. The largest absolute Gasteiger partial charge is 0.467 e. The second-order valence-electron chi connectivity index (χ2n) is 15.5. The number of rotatable bonds is 14. The van der Waals surface area contributed by atoms with E-state index in [2.05, 4.69) is 144 Å². The van der Waals surface area contributed by atoms with Crippen molar-refractivity contribution in [3.8, 4) is 34.3 Å². The second kappa shape index (κ2) is 17.2. The summed E-state index contributed by atoms with van der Waals surface area (Å²) in [6, 6.07) is 51.1. The van der Waals surface area contributed by atoms with Crippen LogP contribution in [0.5, 0.6) is 11.8 Å². The molecule has 0 saturated carbocycles. The molecule has 9 rings (SSSR count). The van der Waals surface area contributed by atoms with E-state index < -0.39 is 0 Å². The number of ether oxygens (including phenoxy) is 2. The summed E-state index contributed by atoms with van der Waals surface area (Å²) in [5, 5.41) is 4.71. The first-order chi connectivity index (χ1) is 28.7. The lowest BCUT2D eigenvalue weighted by molar-refractivity contribution is 0.0893. The molecular formula is C52H50N4O2. The first-order valence-corrected chi connectivity index (χ1v) is 20.7. The van der Waals surface area contributed by atoms with Crippen LogP contribution in [-0.2, 0) is 0 Å². The zero-order valence-corrected chi connectivity index (χ0v) is 33.0. The summed E-state index contributed by atoms with van der Waals surface area (Å²) in [6.07, 6.45) is 7.48. The van der Waals surface area contributed by atoms with Crippen LogP contribution in [-0.4, -0.2) is 58.0 Å². The van der Waals surface area contributed by atoms with E-state index in [-0.39, 0.29) is 24.3 Å². The number of nitrogens with zero attached hydrogens (tertiary/aromatic N) is 4. The number of benzene rings is 6. The normalized spacial score (nSPS) is 18.3. The molecule has 58 heavy (non-hydrogen) atoms. The van der Waals surface area contributed by atoms with Gasteiger partial charge in [0.05, 0.1) is 12.1 Å². The third-order valence-electron chi connectivity index (χ3n) is 11.9. The van der Waals surface area contributed by atoms with Crippen LogP contribution in [0, 0.1) is 0 Å². The van der Waals surface area contributed by atoms with Crippen molar-refractivity contribution in [1.82, 2.24) is 19.8 Å². The zero-order valence-electron chi connectivity index (χ0n) is 33.0. The van der Waals surface area contributed by atoms with Gasteiger partial charge in [0.25, 0.3) is 0 Å². The predicted molar refractivity (Wildman–Crippen MR) is 237 cm³/mol. The first kappa shape index (κ1) is 37.5. The molecule has 0 spiro atoms. The van der Waals surface area contributed by atoms with E-state index in [0.29, 0.717) is 17.6 Å². The van der Waals surface area contributed by atoms with Gasteiger partial charge in [0.1, 0.15) is 17.8 Å². The topological polar surface area (TPSA) is 50.7 Å². The lowest BCUT2D eigenvalue weighted by atomic mass is 9.94. The SMILES string of the molecule is C=CCN1CCC[C@H]1[C@H](Oc1nc(-c2ccccc2)nc(O[C@H](c2cccc3ccccc23)[C@@H]2CCCN2CC=C)c1-c1ccccc1)c1cccc2ccccc12. The molecule has 0 unspecified atom stereocenters. The van der Waals surface area contributed by atoms with Crippen molar-refractivity contribution in [2.75, 3.05) is 26.2 Å². The van der Waals surface area contributed by atoms with Crippen LogP contribution < -0.4 is 9.47 Å². The molecule has 2 aliphatic heterocycles. The van der Waals surface area contributed by atoms with Gasteiger partial charge in [-0.15, -0.1) is 13.2 Å². The van der Waals surface area contributed by atoms with Gasteiger partial charge in [0, 0.05) is 29.8 Å². The van der Waals surface area contributed by atoms with Gasteiger partial charge in [0.2, 0.25) is 11.8 Å². The van der Waals surface area contributed by atoms with Crippen molar-refractivity contribution in [3.63, 3.8) is 0 Å². The molecule has 2 saturated heterocycles. The Kier molecular flexibility index (Phi) is 11.1. The monoisotopic (exact) mass is 762 g/mol. The van der Waals surface area contributed by atoms with Crippen LogP contribution in [0.2, 0.25) is 0 Å². The minimum Gasteiger partial charge on any atom is -0.467 e. The number of hydrogen-bond donors (Lipinski definition) is 0. The average Bonchev–Trinajstić information content (AvgIpc) is 3.95. The highest BCUT2D eigenvalue weighted by molar-refractivity contribution is 5.87. The maximum Gasteiger partial charge on any atom is 0.229 e. The Bertz CT molecular complexity index is 2380. The van der Waals surface area contributed by atoms with Gasteiger partial charge in [0.15, 0.2) is 5.82 Å². The molecule has 6 nitrogen and oxygen atoms in total. The van der Waals surface area contributed by atoms with E-state index in [4.69, 9.17) is 19.4 Å². The molecule has 4 atom stereocenters. The van der Waals surface area contributed by atoms with Crippen LogP contribution in [0.4, 0.5) is 0 Å². The molecule has 6 heteroatoms. The van der Waals surface area contributed by atoms with E-state index in [1.165, 1.54) is 21.5 Å². The van der Waals surface area contributed by atoms with Gasteiger partial charge < -0.3 is 9.47 Å². The van der Waals surface area contributed by atoms with Crippen LogP contribution in [0.25, 0.3) is 44.1 Å². The quantitative estimate of drug-likeness (QED) is 0.103. The van der Waals surface area contributed by atoms with Gasteiger partial charge in [-0.05, 0) is 65.9 Å². The lowest BCUT2D eigenvalue weighted by Gasteiger charge is -2.34. The first-order valence-electron chi connectivity index (χ1n) is 20.7. The number of likely N-dealkylation sites (tertiary alicyclic amines) is 2. The third kappa shape index (κ3) is 7.53. The molecule has 0 aliphatic carbocycles. The summed E-state index contributed by atoms with van der Waals surface area (Å²) < 4.78 is 15.1. The molecule has 0 N–H and O–H groups in total. The van der Waals surface area contributed by atoms with Crippen molar-refractivity contribution in [1.29, 1.82) is 0 Å². The van der Waals surface area contributed by atoms with Crippen molar-refractivity contribution in [2.24, 2.45) is 0 Å². The number of aromatic nitrogens is 2. The summed E-state index contributed by atoms with van der Waals surface area (Å²) in [5.74, 6) is 1.57. The summed E-state index contributed by atoms with van der Waals surface area (Å²) in [5.41, 5.74) is 4.85. The molecule has 6 aromatic carbocycles. The van der Waals surface area contributed by atoms with Crippen molar-refractivity contribution >= 4 is 21.5 Å². The molecule has 0 radical (unpaired) electrons. The molecule has 2 fully saturated rings. The van der Waals surface area contributed by atoms with E-state index in [1.54, 1.807) is 0 Å². The van der Waals surface area contributed by atoms with Gasteiger partial charge >= 0.3 is 0 Å². The molecule has 1 aromatic heterocycles. The van der Waals surface area contributed by atoms with Gasteiger partial charge in [-0.1, -0.05) is 158 Å². The fraction of sp³-hybridized carbons (Fsp3) is 0.231. The van der Waals surface area contributed by atoms with Crippen LogP contribution in [0.15, 0.2) is 171 Å². The van der Waals surface area contributed by atoms with E-state index in [1.807, 2.05) is 36.4 Å². The fourth-order valence-corrected chi connectivity index (χ4v) is 9.27. The fourth-order valence-electron chi connectivity index (χ4n) is 9.27. The maximum absolute atomic E-state index is 7.57. The van der Waals surface area contributed by atoms with E-state index in [9.17, 15) is 0 Å². The highest BCUT2D eigenvalue weighted by atomic mass is 16.5. The predicted octanol–water partition coefficient (Wildman–Crippen LogP) is 11.7. The summed E-state index contributed by atoms with van der Waals surface area (Å²) >= 11 is 0. The molecule has 7 aromatic rings. The van der Waals surface area contributed by atoms with Crippen LogP contribution >= 0.6 is 0 Å². The van der Waals surface area contributed by atoms with E-state index >= 15 is 0 Å². The Morgan fingerprint density at radius 2 is 0.966 bits per heavy atom. The lowest BCUT2D eigenvalue weighted by Crippen LogP contribution is -2.38. The Hall–Kier alpha value is -6.08. The minimum atomic E-state index is -0.339. The van der Waals surface area contributed by atoms with Crippen molar-refractivity contribution < 1.29 is 9.47 Å². The van der Waals surface area contributed by atoms with Crippen molar-refractivity contribution in [2.45, 2.75) is 50.0 Å². The third-order valence-corrected chi connectivity index (χ3v) is 11.9. The maximum atomic E-state index is 7.57. The van der Waals surface area contributed by atoms with E-state index in [0.717, 1.165) is 79.7 Å². The smallest absolute Gasteiger partial charge is 0.229 e. The van der Waals surface area contributed by atoms with Gasteiger partial charge in [-0.2, -0.15) is 9.97 Å². The highest BCUT2D eigenvalue weighted by Crippen LogP contribution is 2.46. The number of fused-ring (bicyclic) bond motifs is 2.